The van der Waals surface area contributed by atoms with Crippen LogP contribution in [-0.2, 0) is 9.47 Å². The van der Waals surface area contributed by atoms with Gasteiger partial charge in [0.05, 0.1) is 17.2 Å². The van der Waals surface area contributed by atoms with Gasteiger partial charge >= 0.3 is 0 Å². The van der Waals surface area contributed by atoms with E-state index in [0.29, 0.717) is 11.4 Å². The maximum atomic E-state index is 5.77. The Morgan fingerprint density at radius 2 is 1.80 bits per heavy atom. The normalized spacial score (nSPS) is 24.7. The number of hydrogen-bond donors (Lipinski definition) is 1. The molecule has 1 saturated heterocycles. The summed E-state index contributed by atoms with van der Waals surface area (Å²) in [6.07, 6.45) is 0.863. The van der Waals surface area contributed by atoms with E-state index in [1.807, 2.05) is 18.2 Å². The van der Waals surface area contributed by atoms with Gasteiger partial charge in [-0.2, -0.15) is 0 Å². The molecule has 0 radical (unpaired) electrons. The molecule has 1 heterocycles. The molecule has 2 N–H and O–H groups in total. The van der Waals surface area contributed by atoms with Crippen LogP contribution in [0, 0.1) is 0 Å². The fourth-order valence-electron chi connectivity index (χ4n) is 2.80. The summed E-state index contributed by atoms with van der Waals surface area (Å²) in [5, 5.41) is 0. The van der Waals surface area contributed by atoms with E-state index in [1.165, 1.54) is 5.56 Å². The number of nitrogens with two attached hydrogens (primary N) is 1. The summed E-state index contributed by atoms with van der Waals surface area (Å²) >= 11 is 5.11. The zero-order valence-corrected chi connectivity index (χ0v) is 12.8. The van der Waals surface area contributed by atoms with Crippen LogP contribution in [0.25, 0.3) is 0 Å². The maximum absolute atomic E-state index is 5.77. The number of rotatable bonds is 6. The SMILES string of the molecule is COC1CN(C(CC(N)=S)c2ccccc2)CC1OC. The zero-order valence-electron chi connectivity index (χ0n) is 12.0. The van der Waals surface area contributed by atoms with Crippen LogP contribution in [0.3, 0.4) is 0 Å². The third kappa shape index (κ3) is 3.55. The Balaban J connectivity index is 2.18. The van der Waals surface area contributed by atoms with E-state index >= 15 is 0 Å². The van der Waals surface area contributed by atoms with Crippen molar-refractivity contribution < 1.29 is 9.47 Å². The van der Waals surface area contributed by atoms with Crippen molar-refractivity contribution in [3.8, 4) is 0 Å². The van der Waals surface area contributed by atoms with Gasteiger partial charge in [-0.05, 0) is 5.56 Å². The molecule has 1 fully saturated rings. The van der Waals surface area contributed by atoms with Crippen LogP contribution < -0.4 is 5.73 Å². The second-order valence-electron chi connectivity index (χ2n) is 5.10. The first-order chi connectivity index (χ1) is 9.65. The number of ether oxygens (including phenoxy) is 2. The highest BCUT2D eigenvalue weighted by Crippen LogP contribution is 2.29. The van der Waals surface area contributed by atoms with Crippen LogP contribution in [0.2, 0.25) is 0 Å². The summed E-state index contributed by atoms with van der Waals surface area (Å²) in [5.41, 5.74) is 7.00. The second-order valence-corrected chi connectivity index (χ2v) is 5.62. The summed E-state index contributed by atoms with van der Waals surface area (Å²) in [6.45, 7) is 1.66. The van der Waals surface area contributed by atoms with Crippen molar-refractivity contribution in [2.75, 3.05) is 27.3 Å². The highest BCUT2D eigenvalue weighted by atomic mass is 32.1. The molecule has 0 aliphatic carbocycles. The van der Waals surface area contributed by atoms with E-state index in [-0.39, 0.29) is 18.2 Å². The molecule has 1 aliphatic rings. The van der Waals surface area contributed by atoms with Crippen LogP contribution in [0.4, 0.5) is 0 Å². The van der Waals surface area contributed by atoms with Gasteiger partial charge in [-0.25, -0.2) is 0 Å². The van der Waals surface area contributed by atoms with Gasteiger partial charge in [0.25, 0.3) is 0 Å². The monoisotopic (exact) mass is 294 g/mol. The van der Waals surface area contributed by atoms with E-state index in [0.717, 1.165) is 13.1 Å². The molecule has 2 rings (SSSR count). The molecule has 110 valence electrons. The fraction of sp³-hybridized carbons (Fsp3) is 0.533. The summed E-state index contributed by atoms with van der Waals surface area (Å²) in [5.74, 6) is 0. The quantitative estimate of drug-likeness (QED) is 0.810. The molecule has 0 spiro atoms. The Hall–Kier alpha value is -1.01. The molecule has 5 heteroatoms. The lowest BCUT2D eigenvalue weighted by Crippen LogP contribution is -2.31. The molecule has 1 aliphatic heterocycles. The molecule has 0 bridgehead atoms. The molecule has 20 heavy (non-hydrogen) atoms. The molecule has 4 nitrogen and oxygen atoms in total. The first-order valence-electron chi connectivity index (χ1n) is 6.78. The minimum Gasteiger partial charge on any atom is -0.393 e. The minimum absolute atomic E-state index is 0.0950. The highest BCUT2D eigenvalue weighted by Gasteiger charge is 2.37. The minimum atomic E-state index is 0.0950. The van der Waals surface area contributed by atoms with Gasteiger partial charge in [-0.3, -0.25) is 4.90 Å². The fourth-order valence-corrected chi connectivity index (χ4v) is 2.96. The third-order valence-electron chi connectivity index (χ3n) is 3.87. The first kappa shape index (κ1) is 15.4. The smallest absolute Gasteiger partial charge is 0.0972 e. The van der Waals surface area contributed by atoms with Gasteiger partial charge < -0.3 is 15.2 Å². The van der Waals surface area contributed by atoms with E-state index in [9.17, 15) is 0 Å². The number of benzene rings is 1. The predicted octanol–water partition coefficient (Wildman–Crippen LogP) is 1.75. The average molecular weight is 294 g/mol. The Bertz CT molecular complexity index is 429. The number of methoxy groups -OCH3 is 2. The van der Waals surface area contributed by atoms with Crippen molar-refractivity contribution in [3.05, 3.63) is 35.9 Å². The third-order valence-corrected chi connectivity index (χ3v) is 4.04. The molecule has 1 aromatic rings. The second kappa shape index (κ2) is 7.13. The van der Waals surface area contributed by atoms with E-state index in [4.69, 9.17) is 27.4 Å². The Morgan fingerprint density at radius 1 is 1.25 bits per heavy atom. The van der Waals surface area contributed by atoms with Crippen molar-refractivity contribution in [3.63, 3.8) is 0 Å². The van der Waals surface area contributed by atoms with Crippen molar-refractivity contribution >= 4 is 17.2 Å². The molecule has 0 amide bonds. The van der Waals surface area contributed by atoms with Gasteiger partial charge in [-0.1, -0.05) is 42.5 Å². The van der Waals surface area contributed by atoms with Crippen molar-refractivity contribution in [1.82, 2.24) is 4.90 Å². The maximum Gasteiger partial charge on any atom is 0.0972 e. The van der Waals surface area contributed by atoms with Gasteiger partial charge in [-0.15, -0.1) is 0 Å². The standard InChI is InChI=1S/C15H22N2O2S/c1-18-13-9-17(10-14(13)19-2)12(8-15(16)20)11-6-4-3-5-7-11/h3-7,12-14H,8-10H2,1-2H3,(H2,16,20). The molecule has 0 saturated carbocycles. The molecule has 3 unspecified atom stereocenters. The van der Waals surface area contributed by atoms with Gasteiger partial charge in [0, 0.05) is 39.8 Å². The molecule has 3 atom stereocenters. The largest absolute Gasteiger partial charge is 0.393 e. The molecular formula is C15H22N2O2S. The first-order valence-corrected chi connectivity index (χ1v) is 7.19. The van der Waals surface area contributed by atoms with E-state index in [2.05, 4.69) is 17.0 Å². The lowest BCUT2D eigenvalue weighted by molar-refractivity contribution is -0.00461. The molecular weight excluding hydrogens is 272 g/mol. The average Bonchev–Trinajstić information content (AvgIpc) is 2.88. The molecule has 1 aromatic carbocycles. The Labute approximate surface area is 125 Å². The summed E-state index contributed by atoms with van der Waals surface area (Å²) in [4.78, 5) is 2.88. The number of hydrogen-bond acceptors (Lipinski definition) is 4. The Kier molecular flexibility index (Phi) is 5.48. The van der Waals surface area contributed by atoms with E-state index < -0.39 is 0 Å². The van der Waals surface area contributed by atoms with Gasteiger partial charge in [0.1, 0.15) is 0 Å². The topological polar surface area (TPSA) is 47.7 Å². The summed E-state index contributed by atoms with van der Waals surface area (Å²) in [6, 6.07) is 10.5. The number of nitrogens with zero attached hydrogens (tertiary/aromatic N) is 1. The lowest BCUT2D eigenvalue weighted by atomic mass is 10.0. The van der Waals surface area contributed by atoms with Crippen LogP contribution in [-0.4, -0.2) is 49.4 Å². The van der Waals surface area contributed by atoms with Crippen molar-refractivity contribution in [1.29, 1.82) is 0 Å². The van der Waals surface area contributed by atoms with Crippen LogP contribution in [0.1, 0.15) is 18.0 Å². The molecule has 0 aromatic heterocycles. The number of likely N-dealkylation sites (tertiary alicyclic amines) is 1. The van der Waals surface area contributed by atoms with E-state index in [1.54, 1.807) is 14.2 Å². The van der Waals surface area contributed by atoms with Crippen LogP contribution >= 0.6 is 12.2 Å². The predicted molar refractivity (Wildman–Crippen MR) is 83.8 cm³/mol. The lowest BCUT2D eigenvalue weighted by Gasteiger charge is -2.27. The zero-order chi connectivity index (χ0) is 14.5. The number of thiocarbonyl (C=S) groups is 1. The van der Waals surface area contributed by atoms with Crippen LogP contribution in [0.5, 0.6) is 0 Å². The Morgan fingerprint density at radius 3 is 2.25 bits per heavy atom. The van der Waals surface area contributed by atoms with Crippen molar-refractivity contribution in [2.45, 2.75) is 24.7 Å². The summed E-state index contributed by atoms with van der Waals surface area (Å²) < 4.78 is 11.0. The highest BCUT2D eigenvalue weighted by molar-refractivity contribution is 7.80. The van der Waals surface area contributed by atoms with Gasteiger partial charge in [0.15, 0.2) is 0 Å². The van der Waals surface area contributed by atoms with Crippen molar-refractivity contribution in [2.24, 2.45) is 5.73 Å². The van der Waals surface area contributed by atoms with Gasteiger partial charge in [0.2, 0.25) is 0 Å². The summed E-state index contributed by atoms with van der Waals surface area (Å²) in [7, 11) is 3.45. The van der Waals surface area contributed by atoms with Crippen LogP contribution in [0.15, 0.2) is 30.3 Å².